The number of ether oxygens (including phenoxy) is 1. The van der Waals surface area contributed by atoms with Gasteiger partial charge in [0.25, 0.3) is 0 Å². The largest absolute Gasteiger partial charge is 0.378 e. The summed E-state index contributed by atoms with van der Waals surface area (Å²) in [6.07, 6.45) is 20.4. The zero-order valence-corrected chi connectivity index (χ0v) is 18.6. The topological polar surface area (TPSA) is 15.7 Å². The molecule has 1 unspecified atom stereocenters. The molecule has 4 aliphatic rings. The van der Waals surface area contributed by atoms with Crippen molar-refractivity contribution in [3.05, 3.63) is 0 Å². The van der Waals surface area contributed by atoms with Gasteiger partial charge in [0.2, 0.25) is 0 Å². The van der Waals surface area contributed by atoms with Crippen LogP contribution in [-0.2, 0) is 4.74 Å². The van der Waals surface area contributed by atoms with E-state index in [4.69, 9.17) is 4.74 Å². The van der Waals surface area contributed by atoms with Gasteiger partial charge >= 0.3 is 0 Å². The van der Waals surface area contributed by atoms with E-state index in [1.807, 2.05) is 0 Å². The Labute approximate surface area is 174 Å². The van der Waals surface area contributed by atoms with Crippen LogP contribution in [0, 0.1) is 11.8 Å². The molecule has 4 rings (SSSR count). The number of hydrogen-bond acceptors (Lipinski definition) is 3. The van der Waals surface area contributed by atoms with Gasteiger partial charge in [-0.3, -0.25) is 9.80 Å². The lowest BCUT2D eigenvalue weighted by atomic mass is 9.82. The first-order valence-corrected chi connectivity index (χ1v) is 12.9. The Kier molecular flexibility index (Phi) is 8.13. The minimum Gasteiger partial charge on any atom is -0.378 e. The molecule has 3 nitrogen and oxygen atoms in total. The van der Waals surface area contributed by atoms with Crippen molar-refractivity contribution in [3.63, 3.8) is 0 Å². The summed E-state index contributed by atoms with van der Waals surface area (Å²) in [4.78, 5) is 5.63. The van der Waals surface area contributed by atoms with Crippen molar-refractivity contribution in [3.8, 4) is 0 Å². The van der Waals surface area contributed by atoms with E-state index in [-0.39, 0.29) is 0 Å². The van der Waals surface area contributed by atoms with Gasteiger partial charge in [-0.25, -0.2) is 0 Å². The van der Waals surface area contributed by atoms with Crippen molar-refractivity contribution in [2.45, 2.75) is 115 Å². The molecule has 3 heteroatoms. The van der Waals surface area contributed by atoms with E-state index < -0.39 is 0 Å². The molecule has 1 aliphatic heterocycles. The summed E-state index contributed by atoms with van der Waals surface area (Å²) in [6.45, 7) is 8.80. The molecular formula is C25H46N2O. The molecule has 0 radical (unpaired) electrons. The van der Waals surface area contributed by atoms with Crippen LogP contribution in [0.25, 0.3) is 0 Å². The molecule has 0 bridgehead atoms. The first kappa shape index (κ1) is 21.1. The fourth-order valence-corrected chi connectivity index (χ4v) is 6.62. The van der Waals surface area contributed by atoms with E-state index in [1.165, 1.54) is 116 Å². The number of piperazine rings is 1. The van der Waals surface area contributed by atoms with Crippen LogP contribution in [0.5, 0.6) is 0 Å². The molecule has 0 amide bonds. The molecule has 1 saturated heterocycles. The van der Waals surface area contributed by atoms with Gasteiger partial charge in [0.1, 0.15) is 0 Å². The zero-order chi connectivity index (χ0) is 19.2. The van der Waals surface area contributed by atoms with Crippen LogP contribution < -0.4 is 0 Å². The van der Waals surface area contributed by atoms with E-state index in [0.29, 0.717) is 6.10 Å². The van der Waals surface area contributed by atoms with Crippen LogP contribution in [0.2, 0.25) is 0 Å². The summed E-state index contributed by atoms with van der Waals surface area (Å²) in [6, 6.07) is 1.68. The highest BCUT2D eigenvalue weighted by atomic mass is 16.5. The predicted molar refractivity (Wildman–Crippen MR) is 118 cm³/mol. The number of rotatable bonds is 6. The van der Waals surface area contributed by atoms with Crippen LogP contribution in [0.15, 0.2) is 0 Å². The summed E-state index contributed by atoms with van der Waals surface area (Å²) in [5.41, 5.74) is 0. The molecule has 0 aromatic carbocycles. The molecule has 0 aromatic heterocycles. The third-order valence-electron chi connectivity index (χ3n) is 8.71. The van der Waals surface area contributed by atoms with E-state index >= 15 is 0 Å². The molecule has 3 aliphatic carbocycles. The van der Waals surface area contributed by atoms with Crippen LogP contribution in [0.3, 0.4) is 0 Å². The van der Waals surface area contributed by atoms with Gasteiger partial charge < -0.3 is 4.74 Å². The Morgan fingerprint density at radius 3 is 1.96 bits per heavy atom. The summed E-state index contributed by atoms with van der Waals surface area (Å²) in [5.74, 6) is 1.77. The molecular weight excluding hydrogens is 344 g/mol. The van der Waals surface area contributed by atoms with Crippen LogP contribution >= 0.6 is 0 Å². The lowest BCUT2D eigenvalue weighted by molar-refractivity contribution is -0.0206. The molecule has 162 valence electrons. The van der Waals surface area contributed by atoms with Crippen molar-refractivity contribution in [1.82, 2.24) is 9.80 Å². The van der Waals surface area contributed by atoms with E-state index in [0.717, 1.165) is 30.5 Å². The normalized spacial score (nSPS) is 33.8. The van der Waals surface area contributed by atoms with E-state index in [2.05, 4.69) is 16.7 Å². The molecule has 1 heterocycles. The fourth-order valence-electron chi connectivity index (χ4n) is 6.62. The Balaban J connectivity index is 1.13. The summed E-state index contributed by atoms with van der Waals surface area (Å²) >= 11 is 0. The first-order valence-electron chi connectivity index (χ1n) is 12.9. The highest BCUT2D eigenvalue weighted by Crippen LogP contribution is 2.33. The van der Waals surface area contributed by atoms with E-state index in [1.54, 1.807) is 0 Å². The Bertz CT molecular complexity index is 428. The second kappa shape index (κ2) is 10.8. The van der Waals surface area contributed by atoms with Gasteiger partial charge in [0.05, 0.1) is 6.10 Å². The zero-order valence-electron chi connectivity index (χ0n) is 18.6. The standard InChI is InChI=1S/C25H46N2O/c1-21(26-16-18-27(19-17-26)24-10-6-3-7-11-24)23-12-14-25(15-13-23)28-20-22-8-4-2-5-9-22/h21-25H,2-20H2,1H3. The van der Waals surface area contributed by atoms with Crippen molar-refractivity contribution in [2.75, 3.05) is 32.8 Å². The lowest BCUT2D eigenvalue weighted by Gasteiger charge is -2.45. The molecule has 1 atom stereocenters. The molecule has 0 spiro atoms. The summed E-state index contributed by atoms with van der Waals surface area (Å²) in [7, 11) is 0. The maximum atomic E-state index is 6.36. The third kappa shape index (κ3) is 5.73. The molecule has 4 fully saturated rings. The molecule has 0 aromatic rings. The molecule has 28 heavy (non-hydrogen) atoms. The van der Waals surface area contributed by atoms with Gasteiger partial charge in [-0.15, -0.1) is 0 Å². The number of hydrogen-bond donors (Lipinski definition) is 0. The fraction of sp³-hybridized carbons (Fsp3) is 1.00. The van der Waals surface area contributed by atoms with Gasteiger partial charge in [0, 0.05) is 44.9 Å². The smallest absolute Gasteiger partial charge is 0.0575 e. The second-order valence-corrected chi connectivity index (χ2v) is 10.5. The van der Waals surface area contributed by atoms with Crippen molar-refractivity contribution in [2.24, 2.45) is 11.8 Å². The molecule has 0 N–H and O–H groups in total. The SMILES string of the molecule is CC(C1CCC(OCC2CCCCC2)CC1)N1CCN(C2CCCCC2)CC1. The summed E-state index contributed by atoms with van der Waals surface area (Å²) in [5, 5.41) is 0. The average Bonchev–Trinajstić information content (AvgIpc) is 2.79. The van der Waals surface area contributed by atoms with Crippen molar-refractivity contribution >= 4 is 0 Å². The Morgan fingerprint density at radius 1 is 0.714 bits per heavy atom. The quantitative estimate of drug-likeness (QED) is 0.597. The maximum absolute atomic E-state index is 6.36. The minimum atomic E-state index is 0.563. The third-order valence-corrected chi connectivity index (χ3v) is 8.71. The lowest BCUT2D eigenvalue weighted by Crippen LogP contribution is -2.54. The highest BCUT2D eigenvalue weighted by Gasteiger charge is 2.32. The minimum absolute atomic E-state index is 0.563. The average molecular weight is 391 g/mol. The van der Waals surface area contributed by atoms with Gasteiger partial charge in [-0.1, -0.05) is 38.5 Å². The van der Waals surface area contributed by atoms with Crippen molar-refractivity contribution < 1.29 is 4.74 Å². The van der Waals surface area contributed by atoms with Crippen LogP contribution in [0.1, 0.15) is 96.8 Å². The van der Waals surface area contributed by atoms with Gasteiger partial charge in [-0.2, -0.15) is 0 Å². The van der Waals surface area contributed by atoms with Gasteiger partial charge in [0.15, 0.2) is 0 Å². The first-order chi connectivity index (χ1) is 13.8. The Morgan fingerprint density at radius 2 is 1.32 bits per heavy atom. The monoisotopic (exact) mass is 390 g/mol. The second-order valence-electron chi connectivity index (χ2n) is 10.5. The van der Waals surface area contributed by atoms with E-state index in [9.17, 15) is 0 Å². The number of nitrogens with zero attached hydrogens (tertiary/aromatic N) is 2. The van der Waals surface area contributed by atoms with Crippen LogP contribution in [-0.4, -0.2) is 60.8 Å². The molecule has 3 saturated carbocycles. The summed E-state index contributed by atoms with van der Waals surface area (Å²) < 4.78 is 6.36. The predicted octanol–water partition coefficient (Wildman–Crippen LogP) is 5.48. The maximum Gasteiger partial charge on any atom is 0.0575 e. The van der Waals surface area contributed by atoms with Crippen LogP contribution in [0.4, 0.5) is 0 Å². The Hall–Kier alpha value is -0.120. The van der Waals surface area contributed by atoms with Gasteiger partial charge in [-0.05, 0) is 70.1 Å². The van der Waals surface area contributed by atoms with Crippen molar-refractivity contribution in [1.29, 1.82) is 0 Å². The highest BCUT2D eigenvalue weighted by molar-refractivity contribution is 4.87.